The van der Waals surface area contributed by atoms with Crippen LogP contribution in [0.2, 0.25) is 0 Å². The third kappa shape index (κ3) is 5.90. The highest BCUT2D eigenvalue weighted by Gasteiger charge is 2.17. The molecule has 1 saturated heterocycles. The van der Waals surface area contributed by atoms with Crippen LogP contribution in [0.3, 0.4) is 0 Å². The van der Waals surface area contributed by atoms with Gasteiger partial charge in [-0.15, -0.1) is 11.3 Å². The summed E-state index contributed by atoms with van der Waals surface area (Å²) in [6.45, 7) is 4.88. The first kappa shape index (κ1) is 22.0. The number of amides is 1. The molecule has 8 heteroatoms. The van der Waals surface area contributed by atoms with E-state index in [1.165, 1.54) is 10.6 Å². The van der Waals surface area contributed by atoms with Crippen LogP contribution in [-0.2, 0) is 25.6 Å². The predicted molar refractivity (Wildman–Crippen MR) is 116 cm³/mol. The van der Waals surface area contributed by atoms with Gasteiger partial charge in [-0.2, -0.15) is 0 Å². The van der Waals surface area contributed by atoms with E-state index in [0.29, 0.717) is 22.3 Å². The van der Waals surface area contributed by atoms with E-state index < -0.39 is 5.97 Å². The van der Waals surface area contributed by atoms with Crippen LogP contribution in [0.25, 0.3) is 12.2 Å². The molecule has 0 aliphatic carbocycles. The molecule has 1 aliphatic rings. The Morgan fingerprint density at radius 2 is 2.10 bits per heavy atom. The van der Waals surface area contributed by atoms with E-state index in [4.69, 9.17) is 9.47 Å². The quantitative estimate of drug-likeness (QED) is 0.653. The van der Waals surface area contributed by atoms with Crippen molar-refractivity contribution in [3.05, 3.63) is 54.9 Å². The van der Waals surface area contributed by atoms with Gasteiger partial charge in [0.25, 0.3) is 5.56 Å². The Kier molecular flexibility index (Phi) is 7.59. The van der Waals surface area contributed by atoms with Gasteiger partial charge in [0, 0.05) is 13.2 Å². The first-order valence-corrected chi connectivity index (χ1v) is 10.8. The lowest BCUT2D eigenvalue weighted by molar-refractivity contribution is -0.135. The zero-order chi connectivity index (χ0) is 21.5. The van der Waals surface area contributed by atoms with Crippen LogP contribution >= 0.6 is 11.3 Å². The van der Waals surface area contributed by atoms with Gasteiger partial charge in [0.1, 0.15) is 11.2 Å². The van der Waals surface area contributed by atoms with Crippen LogP contribution in [0, 0.1) is 6.92 Å². The third-order valence-corrected chi connectivity index (χ3v) is 5.75. The summed E-state index contributed by atoms with van der Waals surface area (Å²) in [5.41, 5.74) is 1.68. The Hall–Kier alpha value is -2.71. The summed E-state index contributed by atoms with van der Waals surface area (Å²) in [6, 6.07) is 7.76. The molecule has 0 bridgehead atoms. The summed E-state index contributed by atoms with van der Waals surface area (Å²) in [7, 11) is 0. The topological polar surface area (TPSA) is 86.6 Å². The van der Waals surface area contributed by atoms with Crippen LogP contribution in [0.1, 0.15) is 30.9 Å². The maximum absolute atomic E-state index is 13.0. The van der Waals surface area contributed by atoms with Crippen molar-refractivity contribution in [2.45, 2.75) is 39.3 Å². The second-order valence-corrected chi connectivity index (χ2v) is 8.15. The molecule has 1 amide bonds. The number of thiazole rings is 1. The highest BCUT2D eigenvalue weighted by Crippen LogP contribution is 2.10. The van der Waals surface area contributed by atoms with Crippen LogP contribution in [0.5, 0.6) is 0 Å². The lowest BCUT2D eigenvalue weighted by Crippen LogP contribution is -2.40. The summed E-state index contributed by atoms with van der Waals surface area (Å²) in [4.78, 5) is 37.3. The molecule has 1 N–H and O–H groups in total. The molecule has 3 rings (SSSR count). The molecular weight excluding hydrogens is 404 g/mol. The first-order chi connectivity index (χ1) is 14.5. The van der Waals surface area contributed by atoms with Gasteiger partial charge in [-0.1, -0.05) is 29.8 Å². The number of carbonyl (C=O) groups excluding carboxylic acids is 2. The van der Waals surface area contributed by atoms with Crippen molar-refractivity contribution in [1.29, 1.82) is 0 Å². The Morgan fingerprint density at radius 1 is 1.33 bits per heavy atom. The number of aromatic nitrogens is 1. The SMILES string of the molecule is CCOC(=O)/C=c1/s/c(=C\c2ccc(C)cc2)c(=O)n1CC(=O)NCC1CCCO1. The zero-order valence-corrected chi connectivity index (χ0v) is 18.0. The predicted octanol–water partition coefficient (Wildman–Crippen LogP) is 0.686. The Balaban J connectivity index is 1.89. The first-order valence-electron chi connectivity index (χ1n) is 10.0. The average Bonchev–Trinajstić information content (AvgIpc) is 3.33. The Labute approximate surface area is 178 Å². The van der Waals surface area contributed by atoms with E-state index in [-0.39, 0.29) is 30.7 Å². The average molecular weight is 431 g/mol. The Bertz CT molecular complexity index is 1060. The molecule has 1 aliphatic heterocycles. The van der Waals surface area contributed by atoms with Crippen LogP contribution in [0.4, 0.5) is 0 Å². The molecule has 30 heavy (non-hydrogen) atoms. The van der Waals surface area contributed by atoms with Gasteiger partial charge in [0.2, 0.25) is 5.91 Å². The standard InChI is InChI=1S/C22H26N2O5S/c1-3-28-21(26)12-20-24(14-19(25)23-13-17-5-4-10-29-17)22(27)18(30-20)11-16-8-6-15(2)7-9-16/h6-9,11-12,17H,3-5,10,13-14H2,1-2H3,(H,23,25)/b18-11-,20-12+. The van der Waals surface area contributed by atoms with Gasteiger partial charge < -0.3 is 14.8 Å². The van der Waals surface area contributed by atoms with Crippen molar-refractivity contribution in [3.63, 3.8) is 0 Å². The molecule has 2 aromatic rings. The normalized spacial score (nSPS) is 17.3. The largest absolute Gasteiger partial charge is 0.463 e. The molecule has 0 spiro atoms. The molecule has 1 atom stereocenters. The summed E-state index contributed by atoms with van der Waals surface area (Å²) in [5, 5.41) is 2.81. The molecule has 160 valence electrons. The van der Waals surface area contributed by atoms with Gasteiger partial charge in [-0.05, 0) is 38.3 Å². The second-order valence-electron chi connectivity index (χ2n) is 7.09. The number of hydrogen-bond acceptors (Lipinski definition) is 6. The molecule has 7 nitrogen and oxygen atoms in total. The van der Waals surface area contributed by atoms with Gasteiger partial charge >= 0.3 is 5.97 Å². The van der Waals surface area contributed by atoms with Gasteiger partial charge in [0.15, 0.2) is 0 Å². The number of rotatable bonds is 7. The minimum Gasteiger partial charge on any atom is -0.463 e. The van der Waals surface area contributed by atoms with Gasteiger partial charge in [-0.25, -0.2) is 4.79 Å². The van der Waals surface area contributed by atoms with E-state index in [1.54, 1.807) is 13.0 Å². The van der Waals surface area contributed by atoms with E-state index in [9.17, 15) is 14.4 Å². The molecule has 1 unspecified atom stereocenters. The minimum atomic E-state index is -0.547. The maximum atomic E-state index is 13.0. The van der Waals surface area contributed by atoms with Gasteiger partial charge in [-0.3, -0.25) is 14.2 Å². The van der Waals surface area contributed by atoms with Crippen LogP contribution in [-0.4, -0.2) is 42.3 Å². The monoisotopic (exact) mass is 430 g/mol. The third-order valence-electron chi connectivity index (χ3n) is 4.69. The fourth-order valence-corrected chi connectivity index (χ4v) is 4.15. The number of ether oxygens (including phenoxy) is 2. The fraction of sp³-hybridized carbons (Fsp3) is 0.409. The number of carbonyl (C=O) groups is 2. The Morgan fingerprint density at radius 3 is 2.77 bits per heavy atom. The molecule has 1 aromatic heterocycles. The van der Waals surface area contributed by atoms with Crippen molar-refractivity contribution >= 4 is 35.4 Å². The highest BCUT2D eigenvalue weighted by atomic mass is 32.1. The number of nitrogens with zero attached hydrogens (tertiary/aromatic N) is 1. The summed E-state index contributed by atoms with van der Waals surface area (Å²) in [5.74, 6) is -0.847. The van der Waals surface area contributed by atoms with Crippen molar-refractivity contribution < 1.29 is 19.1 Å². The van der Waals surface area contributed by atoms with Crippen LogP contribution < -0.4 is 20.1 Å². The van der Waals surface area contributed by atoms with Crippen molar-refractivity contribution in [1.82, 2.24) is 9.88 Å². The molecule has 0 radical (unpaired) electrons. The number of hydrogen-bond donors (Lipinski definition) is 1. The number of aryl methyl sites for hydroxylation is 1. The van der Waals surface area contributed by atoms with E-state index in [2.05, 4.69) is 5.32 Å². The van der Waals surface area contributed by atoms with E-state index in [1.807, 2.05) is 31.2 Å². The number of esters is 1. The molecule has 1 aromatic carbocycles. The van der Waals surface area contributed by atoms with Crippen LogP contribution in [0.15, 0.2) is 29.1 Å². The molecule has 2 heterocycles. The summed E-state index contributed by atoms with van der Waals surface area (Å²) < 4.78 is 12.6. The second kappa shape index (κ2) is 10.4. The maximum Gasteiger partial charge on any atom is 0.333 e. The highest BCUT2D eigenvalue weighted by molar-refractivity contribution is 7.07. The van der Waals surface area contributed by atoms with E-state index in [0.717, 1.165) is 35.3 Å². The lowest BCUT2D eigenvalue weighted by Gasteiger charge is -2.10. The zero-order valence-electron chi connectivity index (χ0n) is 17.2. The molecule has 1 fully saturated rings. The number of nitrogens with one attached hydrogen (secondary N) is 1. The fourth-order valence-electron chi connectivity index (χ4n) is 3.12. The lowest BCUT2D eigenvalue weighted by atomic mass is 10.1. The number of benzene rings is 1. The van der Waals surface area contributed by atoms with Crippen molar-refractivity contribution in [2.75, 3.05) is 19.8 Å². The summed E-state index contributed by atoms with van der Waals surface area (Å²) in [6.07, 6.45) is 4.94. The van der Waals surface area contributed by atoms with E-state index >= 15 is 0 Å². The molecular formula is C22H26N2O5S. The summed E-state index contributed by atoms with van der Waals surface area (Å²) >= 11 is 1.16. The van der Waals surface area contributed by atoms with Crippen molar-refractivity contribution in [2.24, 2.45) is 0 Å². The molecule has 0 saturated carbocycles. The van der Waals surface area contributed by atoms with Crippen molar-refractivity contribution in [3.8, 4) is 0 Å². The smallest absolute Gasteiger partial charge is 0.333 e. The van der Waals surface area contributed by atoms with Gasteiger partial charge in [0.05, 0.1) is 23.3 Å². The minimum absolute atomic E-state index is 0.0177.